The maximum absolute atomic E-state index is 12.6. The summed E-state index contributed by atoms with van der Waals surface area (Å²) in [4.78, 5) is 20.7. The quantitative estimate of drug-likeness (QED) is 0.795. The van der Waals surface area contributed by atoms with Crippen LogP contribution in [0, 0.1) is 11.8 Å². The second-order valence-corrected chi connectivity index (χ2v) is 6.85. The molecule has 0 radical (unpaired) electrons. The third kappa shape index (κ3) is 3.91. The number of aromatic amines is 1. The Morgan fingerprint density at radius 1 is 1.30 bits per heavy atom. The molecule has 1 amide bonds. The molecule has 0 spiro atoms. The largest absolute Gasteiger partial charge is 0.346 e. The van der Waals surface area contributed by atoms with Crippen LogP contribution in [0.2, 0.25) is 0 Å². The molecular formula is C18H26N4O. The zero-order chi connectivity index (χ0) is 16.2. The molecule has 0 bridgehead atoms. The van der Waals surface area contributed by atoms with E-state index in [9.17, 15) is 4.79 Å². The summed E-state index contributed by atoms with van der Waals surface area (Å²) in [7, 11) is 0. The number of carbonyl (C=O) groups is 1. The number of rotatable bonds is 5. The van der Waals surface area contributed by atoms with Crippen LogP contribution in [-0.4, -0.2) is 29.0 Å². The fourth-order valence-corrected chi connectivity index (χ4v) is 3.22. The number of piperidine rings is 1. The minimum Gasteiger partial charge on any atom is -0.346 e. The molecule has 1 unspecified atom stereocenters. The molecule has 3 N–H and O–H groups in total. The van der Waals surface area contributed by atoms with Crippen LogP contribution in [0.1, 0.15) is 45.0 Å². The summed E-state index contributed by atoms with van der Waals surface area (Å²) in [5, 5.41) is 6.54. The Morgan fingerprint density at radius 3 is 2.74 bits per heavy atom. The summed E-state index contributed by atoms with van der Waals surface area (Å²) in [5.74, 6) is 1.64. The molecule has 0 aliphatic carbocycles. The Balaban J connectivity index is 1.77. The van der Waals surface area contributed by atoms with Crippen molar-refractivity contribution in [3.8, 4) is 0 Å². The number of carbonyl (C=O) groups excluding carboxylic acids is 1. The van der Waals surface area contributed by atoms with Gasteiger partial charge in [0.1, 0.15) is 5.82 Å². The van der Waals surface area contributed by atoms with E-state index in [4.69, 9.17) is 0 Å². The van der Waals surface area contributed by atoms with Crippen LogP contribution in [0.4, 0.5) is 0 Å². The first-order chi connectivity index (χ1) is 11.1. The second kappa shape index (κ2) is 7.13. The summed E-state index contributed by atoms with van der Waals surface area (Å²) >= 11 is 0. The molecule has 0 saturated carbocycles. The normalized spacial score (nSPS) is 17.5. The van der Waals surface area contributed by atoms with E-state index < -0.39 is 0 Å². The van der Waals surface area contributed by atoms with Crippen molar-refractivity contribution in [3.63, 3.8) is 0 Å². The third-order valence-corrected chi connectivity index (χ3v) is 4.47. The Kier molecular flexibility index (Phi) is 4.96. The number of aromatic nitrogens is 2. The molecular weight excluding hydrogens is 288 g/mol. The molecule has 1 atom stereocenters. The molecule has 3 rings (SSSR count). The van der Waals surface area contributed by atoms with Gasteiger partial charge in [-0.25, -0.2) is 4.98 Å². The predicted molar refractivity (Wildman–Crippen MR) is 92.0 cm³/mol. The van der Waals surface area contributed by atoms with Crippen LogP contribution in [0.5, 0.6) is 0 Å². The summed E-state index contributed by atoms with van der Waals surface area (Å²) in [6.45, 7) is 6.20. The lowest BCUT2D eigenvalue weighted by Gasteiger charge is -2.25. The van der Waals surface area contributed by atoms with Gasteiger partial charge in [-0.1, -0.05) is 26.0 Å². The summed E-state index contributed by atoms with van der Waals surface area (Å²) < 4.78 is 0. The summed E-state index contributed by atoms with van der Waals surface area (Å²) in [6.07, 6.45) is 2.72. The van der Waals surface area contributed by atoms with E-state index in [1.54, 1.807) is 0 Å². The van der Waals surface area contributed by atoms with Crippen LogP contribution in [-0.2, 0) is 4.79 Å². The average molecular weight is 314 g/mol. The van der Waals surface area contributed by atoms with E-state index >= 15 is 0 Å². The van der Waals surface area contributed by atoms with Gasteiger partial charge in [-0.05, 0) is 50.4 Å². The second-order valence-electron chi connectivity index (χ2n) is 6.85. The van der Waals surface area contributed by atoms with Crippen molar-refractivity contribution < 1.29 is 4.79 Å². The van der Waals surface area contributed by atoms with Gasteiger partial charge in [0.15, 0.2) is 0 Å². The van der Waals surface area contributed by atoms with Crippen LogP contribution in [0.15, 0.2) is 24.3 Å². The molecule has 1 fully saturated rings. The number of hydrogen-bond donors (Lipinski definition) is 3. The van der Waals surface area contributed by atoms with Crippen molar-refractivity contribution in [2.45, 2.75) is 39.2 Å². The maximum atomic E-state index is 12.6. The number of H-pyrrole nitrogens is 1. The van der Waals surface area contributed by atoms with E-state index in [0.29, 0.717) is 5.92 Å². The fraction of sp³-hybridized carbons (Fsp3) is 0.556. The van der Waals surface area contributed by atoms with Crippen molar-refractivity contribution in [3.05, 3.63) is 30.1 Å². The fourth-order valence-electron chi connectivity index (χ4n) is 3.22. The molecule has 1 aliphatic heterocycles. The van der Waals surface area contributed by atoms with Gasteiger partial charge >= 0.3 is 0 Å². The number of imidazole rings is 1. The molecule has 1 saturated heterocycles. The predicted octanol–water partition coefficient (Wildman–Crippen LogP) is 2.77. The number of benzene rings is 1. The zero-order valence-corrected chi connectivity index (χ0v) is 13.9. The van der Waals surface area contributed by atoms with Crippen LogP contribution in [0.25, 0.3) is 11.0 Å². The Hall–Kier alpha value is -1.88. The summed E-state index contributed by atoms with van der Waals surface area (Å²) in [5.41, 5.74) is 1.97. The lowest BCUT2D eigenvalue weighted by Crippen LogP contribution is -2.40. The van der Waals surface area contributed by atoms with Gasteiger partial charge in [-0.3, -0.25) is 4.79 Å². The number of amides is 1. The Labute approximate surface area is 137 Å². The van der Waals surface area contributed by atoms with Gasteiger partial charge in [-0.15, -0.1) is 0 Å². The lowest BCUT2D eigenvalue weighted by molar-refractivity contribution is -0.126. The molecule has 23 heavy (non-hydrogen) atoms. The molecule has 1 aromatic carbocycles. The van der Waals surface area contributed by atoms with E-state index in [2.05, 4.69) is 34.4 Å². The standard InChI is InChI=1S/C18H26N4O/c1-12(2)11-16(22-18(23)13-7-9-19-10-8-13)17-20-14-5-3-4-6-15(14)21-17/h3-6,12-13,16,19H,7-11H2,1-2H3,(H,20,21)(H,22,23). The summed E-state index contributed by atoms with van der Waals surface area (Å²) in [6, 6.07) is 7.95. The van der Waals surface area contributed by atoms with Gasteiger partial charge in [0.05, 0.1) is 17.1 Å². The van der Waals surface area contributed by atoms with Crippen molar-refractivity contribution in [2.75, 3.05) is 13.1 Å². The number of fused-ring (bicyclic) bond motifs is 1. The highest BCUT2D eigenvalue weighted by Crippen LogP contribution is 2.23. The molecule has 5 heteroatoms. The van der Waals surface area contributed by atoms with Gasteiger partial charge in [0, 0.05) is 5.92 Å². The average Bonchev–Trinajstić information content (AvgIpc) is 2.98. The number of hydrogen-bond acceptors (Lipinski definition) is 3. The van der Waals surface area contributed by atoms with Gasteiger partial charge in [-0.2, -0.15) is 0 Å². The van der Waals surface area contributed by atoms with Crippen molar-refractivity contribution >= 4 is 16.9 Å². The lowest BCUT2D eigenvalue weighted by atomic mass is 9.96. The monoisotopic (exact) mass is 314 g/mol. The first-order valence-electron chi connectivity index (χ1n) is 8.59. The first kappa shape index (κ1) is 16.0. The maximum Gasteiger partial charge on any atom is 0.223 e. The Bertz CT molecular complexity index is 625. The Morgan fingerprint density at radius 2 is 2.04 bits per heavy atom. The van der Waals surface area contributed by atoms with E-state index in [-0.39, 0.29) is 17.9 Å². The number of para-hydroxylation sites is 2. The number of nitrogens with zero attached hydrogens (tertiary/aromatic N) is 1. The molecule has 1 aromatic heterocycles. The molecule has 1 aliphatic rings. The molecule has 2 heterocycles. The van der Waals surface area contributed by atoms with Crippen LogP contribution < -0.4 is 10.6 Å². The minimum atomic E-state index is -0.0511. The highest BCUT2D eigenvalue weighted by atomic mass is 16.2. The topological polar surface area (TPSA) is 69.8 Å². The first-order valence-corrected chi connectivity index (χ1v) is 8.59. The van der Waals surface area contributed by atoms with Gasteiger partial charge < -0.3 is 15.6 Å². The van der Waals surface area contributed by atoms with E-state index in [1.165, 1.54) is 0 Å². The molecule has 2 aromatic rings. The molecule has 5 nitrogen and oxygen atoms in total. The third-order valence-electron chi connectivity index (χ3n) is 4.47. The van der Waals surface area contributed by atoms with Crippen molar-refractivity contribution in [1.82, 2.24) is 20.6 Å². The van der Waals surface area contributed by atoms with E-state index in [1.807, 2.05) is 24.3 Å². The van der Waals surface area contributed by atoms with Crippen molar-refractivity contribution in [2.24, 2.45) is 11.8 Å². The smallest absolute Gasteiger partial charge is 0.223 e. The van der Waals surface area contributed by atoms with E-state index in [0.717, 1.165) is 49.2 Å². The van der Waals surface area contributed by atoms with Gasteiger partial charge in [0.25, 0.3) is 0 Å². The SMILES string of the molecule is CC(C)CC(NC(=O)C1CCNCC1)c1nc2ccccc2[nH]1. The minimum absolute atomic E-state index is 0.0511. The van der Waals surface area contributed by atoms with Crippen molar-refractivity contribution in [1.29, 1.82) is 0 Å². The van der Waals surface area contributed by atoms with Crippen LogP contribution in [0.3, 0.4) is 0 Å². The van der Waals surface area contributed by atoms with Crippen LogP contribution >= 0.6 is 0 Å². The number of nitrogens with one attached hydrogen (secondary N) is 3. The zero-order valence-electron chi connectivity index (χ0n) is 13.9. The molecule has 124 valence electrons. The highest BCUT2D eigenvalue weighted by molar-refractivity contribution is 5.79. The highest BCUT2D eigenvalue weighted by Gasteiger charge is 2.25. The van der Waals surface area contributed by atoms with Gasteiger partial charge in [0.2, 0.25) is 5.91 Å².